The molecule has 0 aromatic carbocycles. The first kappa shape index (κ1) is 15.0. The molecule has 2 amide bonds. The van der Waals surface area contributed by atoms with Gasteiger partial charge in [0.1, 0.15) is 6.61 Å². The van der Waals surface area contributed by atoms with Gasteiger partial charge in [0, 0.05) is 44.5 Å². The van der Waals surface area contributed by atoms with E-state index in [1.807, 2.05) is 24.0 Å². The normalized spacial score (nSPS) is 25.6. The molecule has 6 nitrogen and oxygen atoms in total. The maximum absolute atomic E-state index is 12.6. The number of hydrogen-bond acceptors (Lipinski definition) is 4. The lowest BCUT2D eigenvalue weighted by Gasteiger charge is -2.37. The van der Waals surface area contributed by atoms with E-state index in [1.165, 1.54) is 0 Å². The number of pyridine rings is 1. The first-order valence-corrected chi connectivity index (χ1v) is 7.62. The first-order valence-electron chi connectivity index (χ1n) is 7.62. The molecule has 0 unspecified atom stereocenters. The van der Waals surface area contributed by atoms with Gasteiger partial charge in [-0.25, -0.2) is 0 Å². The zero-order valence-electron chi connectivity index (χ0n) is 13.0. The molecule has 118 valence electrons. The number of carbonyl (C=O) groups is 2. The van der Waals surface area contributed by atoms with Crippen LogP contribution < -0.4 is 0 Å². The first-order chi connectivity index (χ1) is 10.5. The Bertz CT molecular complexity index is 573. The Morgan fingerprint density at radius 3 is 2.91 bits per heavy atom. The number of aromatic nitrogens is 1. The third-order valence-corrected chi connectivity index (χ3v) is 4.46. The van der Waals surface area contributed by atoms with Crippen molar-refractivity contribution in [3.8, 4) is 0 Å². The van der Waals surface area contributed by atoms with Crippen LogP contribution in [0, 0.1) is 12.8 Å². The molecule has 1 aromatic heterocycles. The fourth-order valence-electron chi connectivity index (χ4n) is 3.11. The maximum Gasteiger partial charge on any atom is 0.255 e. The molecule has 3 rings (SSSR count). The summed E-state index contributed by atoms with van der Waals surface area (Å²) in [5.74, 6) is 0.187. The van der Waals surface area contributed by atoms with Crippen LogP contribution in [-0.4, -0.2) is 66.0 Å². The molecule has 22 heavy (non-hydrogen) atoms. The highest BCUT2D eigenvalue weighted by molar-refractivity contribution is 5.94. The molecule has 2 aliphatic heterocycles. The second-order valence-corrected chi connectivity index (χ2v) is 6.11. The predicted molar refractivity (Wildman–Crippen MR) is 80.4 cm³/mol. The Kier molecular flexibility index (Phi) is 4.11. The molecule has 0 aliphatic carbocycles. The van der Waals surface area contributed by atoms with E-state index in [2.05, 4.69) is 4.98 Å². The highest BCUT2D eigenvalue weighted by Gasteiger charge is 2.36. The molecule has 0 radical (unpaired) electrons. The molecular formula is C16H21N3O3. The second kappa shape index (κ2) is 6.04. The summed E-state index contributed by atoms with van der Waals surface area (Å²) >= 11 is 0. The molecular weight excluding hydrogens is 282 g/mol. The summed E-state index contributed by atoms with van der Waals surface area (Å²) in [4.78, 5) is 32.1. The Labute approximate surface area is 130 Å². The SMILES string of the molecule is Cc1ccc(C(=O)N2CC[C@@H]3OCC(=O)N(C)C[C@H]3C2)cn1. The number of aryl methyl sites for hydroxylation is 1. The van der Waals surface area contributed by atoms with Crippen molar-refractivity contribution in [1.29, 1.82) is 0 Å². The zero-order valence-corrected chi connectivity index (χ0v) is 13.0. The van der Waals surface area contributed by atoms with Crippen molar-refractivity contribution in [1.82, 2.24) is 14.8 Å². The van der Waals surface area contributed by atoms with Gasteiger partial charge in [-0.15, -0.1) is 0 Å². The average Bonchev–Trinajstić information content (AvgIpc) is 2.66. The van der Waals surface area contributed by atoms with E-state index in [-0.39, 0.29) is 30.4 Å². The van der Waals surface area contributed by atoms with Gasteiger partial charge in [-0.3, -0.25) is 14.6 Å². The highest BCUT2D eigenvalue weighted by atomic mass is 16.5. The van der Waals surface area contributed by atoms with Crippen LogP contribution in [0.25, 0.3) is 0 Å². The minimum atomic E-state index is 0.00387. The van der Waals surface area contributed by atoms with Crippen molar-refractivity contribution in [3.63, 3.8) is 0 Å². The summed E-state index contributed by atoms with van der Waals surface area (Å²) in [6.07, 6.45) is 2.47. The van der Waals surface area contributed by atoms with Crippen molar-refractivity contribution < 1.29 is 14.3 Å². The number of amides is 2. The number of likely N-dealkylation sites (N-methyl/N-ethyl adjacent to an activating group) is 1. The van der Waals surface area contributed by atoms with Gasteiger partial charge in [0.15, 0.2) is 0 Å². The Hall–Kier alpha value is -1.95. The zero-order chi connectivity index (χ0) is 15.7. The van der Waals surface area contributed by atoms with E-state index in [4.69, 9.17) is 4.74 Å². The van der Waals surface area contributed by atoms with Gasteiger partial charge in [-0.05, 0) is 25.5 Å². The molecule has 6 heteroatoms. The topological polar surface area (TPSA) is 62.7 Å². The van der Waals surface area contributed by atoms with Crippen molar-refractivity contribution in [2.45, 2.75) is 19.4 Å². The molecule has 0 bridgehead atoms. The second-order valence-electron chi connectivity index (χ2n) is 6.11. The molecule has 2 fully saturated rings. The number of ether oxygens (including phenoxy) is 1. The van der Waals surface area contributed by atoms with Crippen LogP contribution in [0.15, 0.2) is 18.3 Å². The smallest absolute Gasteiger partial charge is 0.255 e. The van der Waals surface area contributed by atoms with Crippen LogP contribution in [0.2, 0.25) is 0 Å². The third-order valence-electron chi connectivity index (χ3n) is 4.46. The highest BCUT2D eigenvalue weighted by Crippen LogP contribution is 2.24. The fourth-order valence-corrected chi connectivity index (χ4v) is 3.11. The number of nitrogens with zero attached hydrogens (tertiary/aromatic N) is 3. The van der Waals surface area contributed by atoms with E-state index in [0.29, 0.717) is 25.2 Å². The molecule has 2 aliphatic rings. The number of rotatable bonds is 1. The van der Waals surface area contributed by atoms with E-state index >= 15 is 0 Å². The van der Waals surface area contributed by atoms with Gasteiger partial charge in [0.25, 0.3) is 5.91 Å². The fraction of sp³-hybridized carbons (Fsp3) is 0.562. The molecule has 0 spiro atoms. The number of likely N-dealkylation sites (tertiary alicyclic amines) is 1. The molecule has 2 atom stereocenters. The van der Waals surface area contributed by atoms with Crippen LogP contribution in [0.4, 0.5) is 0 Å². The lowest BCUT2D eigenvalue weighted by atomic mass is 9.93. The quantitative estimate of drug-likeness (QED) is 0.766. The predicted octanol–water partition coefficient (Wildman–Crippen LogP) is 0.709. The van der Waals surface area contributed by atoms with Gasteiger partial charge in [0.05, 0.1) is 11.7 Å². The van der Waals surface area contributed by atoms with Crippen LogP contribution in [0.1, 0.15) is 22.5 Å². The molecule has 3 heterocycles. The Morgan fingerprint density at radius 1 is 1.36 bits per heavy atom. The molecule has 0 saturated carbocycles. The van der Waals surface area contributed by atoms with E-state index in [1.54, 1.807) is 18.1 Å². The lowest BCUT2D eigenvalue weighted by molar-refractivity contribution is -0.133. The van der Waals surface area contributed by atoms with Crippen molar-refractivity contribution in [2.75, 3.05) is 33.3 Å². The van der Waals surface area contributed by atoms with Crippen molar-refractivity contribution in [2.24, 2.45) is 5.92 Å². The maximum atomic E-state index is 12.6. The molecule has 0 N–H and O–H groups in total. The third kappa shape index (κ3) is 2.97. The Morgan fingerprint density at radius 2 is 2.18 bits per heavy atom. The number of hydrogen-bond donors (Lipinski definition) is 0. The molecule has 2 saturated heterocycles. The number of carbonyl (C=O) groups excluding carboxylic acids is 2. The van der Waals surface area contributed by atoms with E-state index < -0.39 is 0 Å². The van der Waals surface area contributed by atoms with E-state index in [0.717, 1.165) is 12.1 Å². The summed E-state index contributed by atoms with van der Waals surface area (Å²) in [7, 11) is 1.79. The van der Waals surface area contributed by atoms with Gasteiger partial charge in [-0.1, -0.05) is 0 Å². The number of piperidine rings is 1. The summed E-state index contributed by atoms with van der Waals surface area (Å²) in [5.41, 5.74) is 1.51. The van der Waals surface area contributed by atoms with Crippen LogP contribution >= 0.6 is 0 Å². The summed E-state index contributed by atoms with van der Waals surface area (Å²) in [6.45, 7) is 3.96. The van der Waals surface area contributed by atoms with Crippen molar-refractivity contribution in [3.05, 3.63) is 29.6 Å². The summed E-state index contributed by atoms with van der Waals surface area (Å²) in [5, 5.41) is 0. The van der Waals surface area contributed by atoms with Crippen LogP contribution in [0.5, 0.6) is 0 Å². The summed E-state index contributed by atoms with van der Waals surface area (Å²) < 4.78 is 5.70. The van der Waals surface area contributed by atoms with Gasteiger partial charge >= 0.3 is 0 Å². The molecule has 1 aromatic rings. The standard InChI is InChI=1S/C16H21N3O3/c1-11-3-4-12(7-17-11)16(21)19-6-5-14-13(9-19)8-18(2)15(20)10-22-14/h3-4,7,13-14H,5-6,8-10H2,1-2H3/t13-,14-/m0/s1. The summed E-state index contributed by atoms with van der Waals surface area (Å²) in [6, 6.07) is 3.66. The minimum Gasteiger partial charge on any atom is -0.368 e. The Balaban J connectivity index is 1.71. The van der Waals surface area contributed by atoms with Crippen LogP contribution in [0.3, 0.4) is 0 Å². The van der Waals surface area contributed by atoms with Crippen LogP contribution in [-0.2, 0) is 9.53 Å². The number of fused-ring (bicyclic) bond motifs is 1. The van der Waals surface area contributed by atoms with Gasteiger partial charge in [0.2, 0.25) is 5.91 Å². The van der Waals surface area contributed by atoms with E-state index in [9.17, 15) is 9.59 Å². The monoisotopic (exact) mass is 303 g/mol. The van der Waals surface area contributed by atoms with Gasteiger partial charge in [-0.2, -0.15) is 0 Å². The average molecular weight is 303 g/mol. The van der Waals surface area contributed by atoms with Crippen molar-refractivity contribution >= 4 is 11.8 Å². The van der Waals surface area contributed by atoms with Gasteiger partial charge < -0.3 is 14.5 Å². The largest absolute Gasteiger partial charge is 0.368 e. The lowest BCUT2D eigenvalue weighted by Crippen LogP contribution is -2.48. The minimum absolute atomic E-state index is 0.00387.